The Morgan fingerprint density at radius 1 is 1.17 bits per heavy atom. The van der Waals surface area contributed by atoms with Crippen molar-refractivity contribution in [1.82, 2.24) is 9.97 Å². The minimum absolute atomic E-state index is 0.281. The van der Waals surface area contributed by atoms with Gasteiger partial charge in [-0.1, -0.05) is 23.5 Å². The Morgan fingerprint density at radius 2 is 1.97 bits per heavy atom. The number of hydrogen-bond acceptors (Lipinski definition) is 8. The molecule has 1 amide bonds. The number of anilines is 1. The molecule has 5 rings (SSSR count). The van der Waals surface area contributed by atoms with Gasteiger partial charge in [-0.25, -0.2) is 9.97 Å². The van der Waals surface area contributed by atoms with Crippen molar-refractivity contribution in [3.8, 4) is 17.2 Å². The molecule has 0 aliphatic carbocycles. The number of ether oxygens (including phenoxy) is 3. The van der Waals surface area contributed by atoms with E-state index >= 15 is 0 Å². The molecule has 3 heterocycles. The fraction of sp³-hybridized carbons (Fsp3) is 0.190. The second-order valence-electron chi connectivity index (χ2n) is 6.58. The predicted octanol–water partition coefficient (Wildman–Crippen LogP) is 4.66. The van der Waals surface area contributed by atoms with E-state index in [-0.39, 0.29) is 5.91 Å². The van der Waals surface area contributed by atoms with Crippen LogP contribution in [0.4, 0.5) is 5.13 Å². The van der Waals surface area contributed by atoms with Gasteiger partial charge >= 0.3 is 0 Å². The lowest BCUT2D eigenvalue weighted by molar-refractivity contribution is 0.102. The van der Waals surface area contributed by atoms with Gasteiger partial charge in [-0.05, 0) is 19.1 Å². The number of carbonyl (C=O) groups is 1. The van der Waals surface area contributed by atoms with Crippen LogP contribution in [0, 0.1) is 6.92 Å². The summed E-state index contributed by atoms with van der Waals surface area (Å²) in [6.45, 7) is 3.30. The van der Waals surface area contributed by atoms with Gasteiger partial charge in [0.05, 0.1) is 26.5 Å². The zero-order valence-corrected chi connectivity index (χ0v) is 17.6. The zero-order chi connectivity index (χ0) is 20.5. The van der Waals surface area contributed by atoms with Crippen LogP contribution in [0.2, 0.25) is 0 Å². The molecule has 0 saturated heterocycles. The molecule has 1 aliphatic rings. The first-order valence-electron chi connectivity index (χ1n) is 9.30. The van der Waals surface area contributed by atoms with E-state index in [1.54, 1.807) is 29.5 Å². The van der Waals surface area contributed by atoms with E-state index in [1.165, 1.54) is 11.3 Å². The highest BCUT2D eigenvalue weighted by Crippen LogP contribution is 2.38. The molecule has 1 aliphatic heterocycles. The Hall–Kier alpha value is -3.17. The van der Waals surface area contributed by atoms with E-state index < -0.39 is 0 Å². The van der Waals surface area contributed by atoms with Gasteiger partial charge in [-0.2, -0.15) is 0 Å². The summed E-state index contributed by atoms with van der Waals surface area (Å²) < 4.78 is 18.0. The third-order valence-corrected chi connectivity index (χ3v) is 6.20. The molecule has 152 valence electrons. The molecular formula is C21H17N3O4S2. The van der Waals surface area contributed by atoms with Crippen molar-refractivity contribution in [2.45, 2.75) is 13.5 Å². The first-order chi connectivity index (χ1) is 14.7. The monoisotopic (exact) mass is 439 g/mol. The number of aromatic nitrogens is 2. The van der Waals surface area contributed by atoms with Crippen LogP contribution in [0.1, 0.15) is 21.1 Å². The number of amides is 1. The average Bonchev–Trinajstić information content (AvgIpc) is 3.35. The summed E-state index contributed by atoms with van der Waals surface area (Å²) in [5.74, 6) is 1.59. The minimum Gasteiger partial charge on any atom is -0.486 e. The van der Waals surface area contributed by atoms with Crippen LogP contribution in [0.15, 0.2) is 41.8 Å². The number of benzene rings is 2. The molecule has 0 bridgehead atoms. The molecule has 0 fully saturated rings. The van der Waals surface area contributed by atoms with Gasteiger partial charge in [0.1, 0.15) is 25.6 Å². The molecule has 0 radical (unpaired) electrons. The highest BCUT2D eigenvalue weighted by atomic mass is 32.1. The van der Waals surface area contributed by atoms with Crippen LogP contribution in [-0.4, -0.2) is 29.1 Å². The maximum absolute atomic E-state index is 12.9. The molecule has 0 unspecified atom stereocenters. The summed E-state index contributed by atoms with van der Waals surface area (Å²) in [5, 5.41) is 6.31. The van der Waals surface area contributed by atoms with Gasteiger partial charge in [0.25, 0.3) is 5.91 Å². The number of hydrogen-bond donors (Lipinski definition) is 1. The van der Waals surface area contributed by atoms with Crippen molar-refractivity contribution >= 4 is 43.9 Å². The van der Waals surface area contributed by atoms with Crippen LogP contribution in [-0.2, 0) is 6.61 Å². The lowest BCUT2D eigenvalue weighted by Crippen LogP contribution is -2.15. The smallest absolute Gasteiger partial charge is 0.261 e. The number of para-hydroxylation sites is 1. The Morgan fingerprint density at radius 3 is 2.77 bits per heavy atom. The van der Waals surface area contributed by atoms with Gasteiger partial charge in [0.15, 0.2) is 16.6 Å². The SMILES string of the molecule is Cc1nc(COc2ccccc2C(=O)Nc2nc3cc4c(cc3s2)OCCO4)cs1. The van der Waals surface area contributed by atoms with E-state index in [4.69, 9.17) is 14.2 Å². The summed E-state index contributed by atoms with van der Waals surface area (Å²) in [4.78, 5) is 21.8. The van der Waals surface area contributed by atoms with Crippen molar-refractivity contribution < 1.29 is 19.0 Å². The number of fused-ring (bicyclic) bond motifs is 2. The highest BCUT2D eigenvalue weighted by molar-refractivity contribution is 7.22. The molecule has 2 aromatic carbocycles. The van der Waals surface area contributed by atoms with Crippen LogP contribution in [0.5, 0.6) is 17.2 Å². The number of carbonyl (C=O) groups excluding carboxylic acids is 1. The Bertz CT molecular complexity index is 1190. The molecule has 0 saturated carbocycles. The average molecular weight is 440 g/mol. The fourth-order valence-corrected chi connectivity index (χ4v) is 4.56. The van der Waals surface area contributed by atoms with Crippen LogP contribution < -0.4 is 19.5 Å². The van der Waals surface area contributed by atoms with E-state index in [2.05, 4.69) is 15.3 Å². The third-order valence-electron chi connectivity index (χ3n) is 4.45. The predicted molar refractivity (Wildman–Crippen MR) is 116 cm³/mol. The summed E-state index contributed by atoms with van der Waals surface area (Å²) in [6, 6.07) is 10.9. The standard InChI is InChI=1S/C21H17N3O4S2/c1-12-22-13(11-29-12)10-28-16-5-3-2-4-14(16)20(25)24-21-23-15-8-17-18(9-19(15)30-21)27-7-6-26-17/h2-5,8-9,11H,6-7,10H2,1H3,(H,23,24,25). The highest BCUT2D eigenvalue weighted by Gasteiger charge is 2.18. The molecule has 4 aromatic rings. The lowest BCUT2D eigenvalue weighted by atomic mass is 10.2. The van der Waals surface area contributed by atoms with E-state index in [0.29, 0.717) is 47.8 Å². The minimum atomic E-state index is -0.281. The molecule has 2 aromatic heterocycles. The summed E-state index contributed by atoms with van der Waals surface area (Å²) >= 11 is 2.95. The number of rotatable bonds is 5. The van der Waals surface area contributed by atoms with Crippen LogP contribution in [0.3, 0.4) is 0 Å². The van der Waals surface area contributed by atoms with Crippen LogP contribution >= 0.6 is 22.7 Å². The Kier molecular flexibility index (Phi) is 4.97. The molecule has 9 heteroatoms. The number of nitrogens with zero attached hydrogens (tertiary/aromatic N) is 2. The van der Waals surface area contributed by atoms with Crippen molar-refractivity contribution in [1.29, 1.82) is 0 Å². The van der Waals surface area contributed by atoms with E-state index in [1.807, 2.05) is 30.5 Å². The normalized spacial score (nSPS) is 12.7. The lowest BCUT2D eigenvalue weighted by Gasteiger charge is -2.17. The second kappa shape index (κ2) is 7.92. The van der Waals surface area contributed by atoms with Crippen molar-refractivity contribution in [3.05, 3.63) is 58.0 Å². The zero-order valence-electron chi connectivity index (χ0n) is 16.0. The number of nitrogens with one attached hydrogen (secondary N) is 1. The molecule has 30 heavy (non-hydrogen) atoms. The largest absolute Gasteiger partial charge is 0.486 e. The maximum Gasteiger partial charge on any atom is 0.261 e. The number of aryl methyl sites for hydroxylation is 1. The fourth-order valence-electron chi connectivity index (χ4n) is 3.09. The van der Waals surface area contributed by atoms with Gasteiger partial charge in [-0.3, -0.25) is 10.1 Å². The first kappa shape index (κ1) is 18.8. The molecular weight excluding hydrogens is 422 g/mol. The van der Waals surface area contributed by atoms with Gasteiger partial charge in [0.2, 0.25) is 0 Å². The van der Waals surface area contributed by atoms with Crippen LogP contribution in [0.25, 0.3) is 10.2 Å². The van der Waals surface area contributed by atoms with Crippen molar-refractivity contribution in [2.24, 2.45) is 0 Å². The number of thiazole rings is 2. The van der Waals surface area contributed by atoms with Gasteiger partial charge in [0, 0.05) is 17.5 Å². The van der Waals surface area contributed by atoms with Gasteiger partial charge in [-0.15, -0.1) is 11.3 Å². The van der Waals surface area contributed by atoms with Gasteiger partial charge < -0.3 is 14.2 Å². The Balaban J connectivity index is 1.35. The topological polar surface area (TPSA) is 82.6 Å². The van der Waals surface area contributed by atoms with E-state index in [9.17, 15) is 4.79 Å². The summed E-state index contributed by atoms with van der Waals surface area (Å²) in [7, 11) is 0. The van der Waals surface area contributed by atoms with E-state index in [0.717, 1.165) is 20.9 Å². The molecule has 0 atom stereocenters. The van der Waals surface area contributed by atoms with Crippen molar-refractivity contribution in [2.75, 3.05) is 18.5 Å². The second-order valence-corrected chi connectivity index (χ2v) is 8.67. The Labute approximate surface area is 180 Å². The third kappa shape index (κ3) is 3.81. The molecule has 1 N–H and O–H groups in total. The quantitative estimate of drug-likeness (QED) is 0.487. The molecule has 0 spiro atoms. The molecule has 7 nitrogen and oxygen atoms in total. The maximum atomic E-state index is 12.9. The summed E-state index contributed by atoms with van der Waals surface area (Å²) in [6.07, 6.45) is 0. The van der Waals surface area contributed by atoms with Crippen molar-refractivity contribution in [3.63, 3.8) is 0 Å². The summed E-state index contributed by atoms with van der Waals surface area (Å²) in [5.41, 5.74) is 2.03. The first-order valence-corrected chi connectivity index (χ1v) is 11.0.